The van der Waals surface area contributed by atoms with Crippen LogP contribution in [-0.2, 0) is 24.0 Å². The molecule has 0 radical (unpaired) electrons. The molecule has 0 spiro atoms. The average molecular weight is 442 g/mol. The summed E-state index contributed by atoms with van der Waals surface area (Å²) in [5, 5.41) is 14.1. The van der Waals surface area contributed by atoms with Gasteiger partial charge in [0.25, 0.3) is 0 Å². The molecule has 0 aromatic heterocycles. The van der Waals surface area contributed by atoms with E-state index in [0.29, 0.717) is 19.4 Å². The number of rotatable bonds is 11. The van der Waals surface area contributed by atoms with E-state index >= 15 is 0 Å². The zero-order valence-electron chi connectivity index (χ0n) is 18.6. The van der Waals surface area contributed by atoms with Gasteiger partial charge in [0.1, 0.15) is 18.1 Å². The molecule has 1 heterocycles. The number of nitrogens with two attached hydrogens (primary N) is 2. The van der Waals surface area contributed by atoms with Crippen molar-refractivity contribution in [2.24, 2.45) is 23.3 Å². The molecular formula is C20H35N5O6. The molecule has 11 heteroatoms. The van der Waals surface area contributed by atoms with Gasteiger partial charge in [-0.25, -0.2) is 4.79 Å². The third-order valence-electron chi connectivity index (χ3n) is 5.20. The molecule has 1 fully saturated rings. The second-order valence-corrected chi connectivity index (χ2v) is 8.72. The molecule has 31 heavy (non-hydrogen) atoms. The van der Waals surface area contributed by atoms with Gasteiger partial charge in [-0.05, 0) is 31.1 Å². The summed E-state index contributed by atoms with van der Waals surface area (Å²) in [4.78, 5) is 62.1. The molecule has 4 amide bonds. The van der Waals surface area contributed by atoms with Crippen LogP contribution in [0.5, 0.6) is 0 Å². The van der Waals surface area contributed by atoms with E-state index in [2.05, 4.69) is 10.6 Å². The summed E-state index contributed by atoms with van der Waals surface area (Å²) in [7, 11) is 0. The summed E-state index contributed by atoms with van der Waals surface area (Å²) in [5.74, 6) is -3.91. The van der Waals surface area contributed by atoms with Crippen molar-refractivity contribution < 1.29 is 29.1 Å². The van der Waals surface area contributed by atoms with Crippen molar-refractivity contribution in [3.63, 3.8) is 0 Å². The SMILES string of the molecule is CC(C)CC(NC(=O)C1CCCN1C(=O)C(N)C(C)C)C(=O)NC(CC(N)=O)C(=O)O. The number of amides is 4. The maximum Gasteiger partial charge on any atom is 0.326 e. The minimum atomic E-state index is -1.50. The van der Waals surface area contributed by atoms with Gasteiger partial charge in [0.05, 0.1) is 12.5 Å². The molecule has 0 bridgehead atoms. The van der Waals surface area contributed by atoms with Crippen molar-refractivity contribution in [2.75, 3.05) is 6.54 Å². The summed E-state index contributed by atoms with van der Waals surface area (Å²) in [5.41, 5.74) is 11.0. The number of carboxylic acid groups (broad SMARTS) is 1. The van der Waals surface area contributed by atoms with Crippen LogP contribution in [0.15, 0.2) is 0 Å². The van der Waals surface area contributed by atoms with Gasteiger partial charge in [-0.3, -0.25) is 19.2 Å². The number of carbonyl (C=O) groups excluding carboxylic acids is 4. The Morgan fingerprint density at radius 2 is 1.68 bits per heavy atom. The zero-order chi connectivity index (χ0) is 23.9. The Balaban J connectivity index is 2.93. The molecule has 7 N–H and O–H groups in total. The predicted octanol–water partition coefficient (Wildman–Crippen LogP) is -1.06. The normalized spacial score (nSPS) is 19.1. The number of nitrogens with one attached hydrogen (secondary N) is 2. The molecule has 0 aliphatic carbocycles. The van der Waals surface area contributed by atoms with Crippen LogP contribution < -0.4 is 22.1 Å². The topological polar surface area (TPSA) is 185 Å². The maximum atomic E-state index is 12.9. The first kappa shape index (κ1) is 26.3. The summed E-state index contributed by atoms with van der Waals surface area (Å²) < 4.78 is 0. The van der Waals surface area contributed by atoms with Crippen molar-refractivity contribution in [1.29, 1.82) is 0 Å². The Kier molecular flexibility index (Phi) is 9.89. The lowest BCUT2D eigenvalue weighted by Gasteiger charge is -2.30. The van der Waals surface area contributed by atoms with E-state index in [1.165, 1.54) is 4.90 Å². The minimum absolute atomic E-state index is 0.00569. The van der Waals surface area contributed by atoms with Gasteiger partial charge in [-0.15, -0.1) is 0 Å². The maximum absolute atomic E-state index is 12.9. The Morgan fingerprint density at radius 3 is 2.16 bits per heavy atom. The lowest BCUT2D eigenvalue weighted by molar-refractivity contribution is -0.144. The molecule has 1 saturated heterocycles. The summed E-state index contributed by atoms with van der Waals surface area (Å²) >= 11 is 0. The van der Waals surface area contributed by atoms with Crippen LogP contribution in [0.1, 0.15) is 53.4 Å². The molecule has 1 aliphatic heterocycles. The number of hydrogen-bond donors (Lipinski definition) is 5. The molecule has 176 valence electrons. The van der Waals surface area contributed by atoms with Crippen molar-refractivity contribution in [1.82, 2.24) is 15.5 Å². The number of primary amides is 1. The van der Waals surface area contributed by atoms with E-state index in [1.54, 1.807) is 0 Å². The van der Waals surface area contributed by atoms with Crippen LogP contribution in [0.3, 0.4) is 0 Å². The lowest BCUT2D eigenvalue weighted by Crippen LogP contribution is -2.57. The van der Waals surface area contributed by atoms with Crippen LogP contribution >= 0.6 is 0 Å². The van der Waals surface area contributed by atoms with E-state index in [4.69, 9.17) is 11.5 Å². The van der Waals surface area contributed by atoms with Crippen LogP contribution in [0.25, 0.3) is 0 Å². The molecule has 4 unspecified atom stereocenters. The van der Waals surface area contributed by atoms with E-state index in [9.17, 15) is 29.1 Å². The van der Waals surface area contributed by atoms with Crippen molar-refractivity contribution in [3.05, 3.63) is 0 Å². The van der Waals surface area contributed by atoms with Crippen LogP contribution in [0.2, 0.25) is 0 Å². The zero-order valence-corrected chi connectivity index (χ0v) is 18.6. The number of aliphatic carboxylic acids is 1. The number of likely N-dealkylation sites (tertiary alicyclic amines) is 1. The van der Waals surface area contributed by atoms with Crippen LogP contribution in [-0.4, -0.2) is 70.3 Å². The van der Waals surface area contributed by atoms with Gasteiger partial charge in [0.15, 0.2) is 0 Å². The third kappa shape index (κ3) is 7.82. The fourth-order valence-corrected chi connectivity index (χ4v) is 3.42. The lowest BCUT2D eigenvalue weighted by atomic mass is 10.0. The van der Waals surface area contributed by atoms with Gasteiger partial charge in [-0.1, -0.05) is 27.7 Å². The fourth-order valence-electron chi connectivity index (χ4n) is 3.42. The molecule has 4 atom stereocenters. The Labute approximate surface area is 182 Å². The highest BCUT2D eigenvalue weighted by Gasteiger charge is 2.38. The smallest absolute Gasteiger partial charge is 0.326 e. The second-order valence-electron chi connectivity index (χ2n) is 8.72. The number of carbonyl (C=O) groups is 5. The van der Waals surface area contributed by atoms with Gasteiger partial charge >= 0.3 is 5.97 Å². The van der Waals surface area contributed by atoms with E-state index in [-0.39, 0.29) is 24.2 Å². The highest BCUT2D eigenvalue weighted by atomic mass is 16.4. The Morgan fingerprint density at radius 1 is 1.06 bits per heavy atom. The highest BCUT2D eigenvalue weighted by molar-refractivity contribution is 5.95. The van der Waals surface area contributed by atoms with E-state index < -0.39 is 54.3 Å². The van der Waals surface area contributed by atoms with Gasteiger partial charge in [-0.2, -0.15) is 0 Å². The molecule has 11 nitrogen and oxygen atoms in total. The van der Waals surface area contributed by atoms with Crippen molar-refractivity contribution in [2.45, 2.75) is 77.5 Å². The molecule has 1 aliphatic rings. The molecular weight excluding hydrogens is 406 g/mol. The monoisotopic (exact) mass is 441 g/mol. The molecule has 0 aromatic rings. The molecule has 0 aromatic carbocycles. The predicted molar refractivity (Wildman–Crippen MR) is 112 cm³/mol. The van der Waals surface area contributed by atoms with Gasteiger partial charge in [0.2, 0.25) is 23.6 Å². The molecule has 0 saturated carbocycles. The summed E-state index contributed by atoms with van der Waals surface area (Å²) in [6, 6.07) is -4.00. The van der Waals surface area contributed by atoms with E-state index in [0.717, 1.165) is 0 Å². The third-order valence-corrected chi connectivity index (χ3v) is 5.20. The second kappa shape index (κ2) is 11.6. The quantitative estimate of drug-likeness (QED) is 0.270. The first-order valence-corrected chi connectivity index (χ1v) is 10.5. The summed E-state index contributed by atoms with van der Waals surface area (Å²) in [6.07, 6.45) is 0.751. The number of carboxylic acids is 1. The number of hydrogen-bond acceptors (Lipinski definition) is 6. The Bertz CT molecular complexity index is 696. The largest absolute Gasteiger partial charge is 0.480 e. The van der Waals surface area contributed by atoms with Crippen LogP contribution in [0.4, 0.5) is 0 Å². The standard InChI is InChI=1S/C20H35N5O6/c1-10(2)8-12(17(27)24-13(20(30)31)9-15(21)26)23-18(28)14-6-5-7-25(14)19(29)16(22)11(3)4/h10-14,16H,5-9,22H2,1-4H3,(H2,21,26)(H,23,28)(H,24,27)(H,30,31). The molecule has 1 rings (SSSR count). The highest BCUT2D eigenvalue weighted by Crippen LogP contribution is 2.20. The van der Waals surface area contributed by atoms with Gasteiger partial charge in [0, 0.05) is 6.54 Å². The fraction of sp³-hybridized carbons (Fsp3) is 0.750. The number of nitrogens with zero attached hydrogens (tertiary/aromatic N) is 1. The Hall–Kier alpha value is -2.69. The van der Waals surface area contributed by atoms with Crippen molar-refractivity contribution >= 4 is 29.6 Å². The minimum Gasteiger partial charge on any atom is -0.480 e. The summed E-state index contributed by atoms with van der Waals surface area (Å²) in [6.45, 7) is 7.73. The van der Waals surface area contributed by atoms with E-state index in [1.807, 2.05) is 27.7 Å². The van der Waals surface area contributed by atoms with Gasteiger partial charge < -0.3 is 32.1 Å². The van der Waals surface area contributed by atoms with Crippen molar-refractivity contribution in [3.8, 4) is 0 Å². The average Bonchev–Trinajstić information content (AvgIpc) is 3.14. The first-order chi connectivity index (χ1) is 14.3. The van der Waals surface area contributed by atoms with Crippen LogP contribution in [0, 0.1) is 11.8 Å². The first-order valence-electron chi connectivity index (χ1n) is 10.5.